The van der Waals surface area contributed by atoms with E-state index in [4.69, 9.17) is 28.9 Å². The Bertz CT molecular complexity index is 1590. The van der Waals surface area contributed by atoms with Gasteiger partial charge < -0.3 is 15.6 Å². The van der Waals surface area contributed by atoms with Crippen molar-refractivity contribution in [2.24, 2.45) is 11.1 Å². The molecule has 6 rings (SSSR count). The molecule has 178 valence electrons. The average Bonchev–Trinajstić information content (AvgIpc) is 3.13. The van der Waals surface area contributed by atoms with E-state index in [0.717, 1.165) is 42.6 Å². The maximum Gasteiger partial charge on any atom is 0.333 e. The normalized spacial score (nSPS) is 18.8. The molecule has 1 saturated heterocycles. The first-order valence-electron chi connectivity index (χ1n) is 11.5. The highest BCUT2D eigenvalue weighted by atomic mass is 35.5. The Kier molecular flexibility index (Phi) is 5.25. The lowest BCUT2D eigenvalue weighted by atomic mass is 9.73. The van der Waals surface area contributed by atoms with E-state index in [-0.39, 0.29) is 27.2 Å². The molecule has 1 atom stereocenters. The van der Waals surface area contributed by atoms with Crippen molar-refractivity contribution >= 4 is 39.8 Å². The molecule has 9 heteroatoms. The van der Waals surface area contributed by atoms with E-state index in [2.05, 4.69) is 20.9 Å². The lowest BCUT2D eigenvalue weighted by molar-refractivity contribution is 0.187. The Morgan fingerprint density at radius 1 is 1.09 bits per heavy atom. The zero-order valence-corrected chi connectivity index (χ0v) is 20.3. The second kappa shape index (κ2) is 8.22. The molecule has 3 N–H and O–H groups in total. The molecule has 4 aromatic rings. The van der Waals surface area contributed by atoms with E-state index < -0.39 is 11.2 Å². The van der Waals surface area contributed by atoms with Gasteiger partial charge in [-0.25, -0.2) is 9.36 Å². The van der Waals surface area contributed by atoms with Crippen LogP contribution in [0.4, 0.5) is 5.69 Å². The van der Waals surface area contributed by atoms with Crippen molar-refractivity contribution in [2.75, 3.05) is 18.0 Å². The molecule has 1 fully saturated rings. The molecule has 7 nitrogen and oxygen atoms in total. The Morgan fingerprint density at radius 3 is 2.66 bits per heavy atom. The first-order valence-corrected chi connectivity index (χ1v) is 12.3. The zero-order valence-electron chi connectivity index (χ0n) is 18.8. The summed E-state index contributed by atoms with van der Waals surface area (Å²) >= 11 is 12.4. The number of anilines is 1. The topological polar surface area (TPSA) is 97.0 Å². The van der Waals surface area contributed by atoms with E-state index in [1.807, 2.05) is 24.5 Å². The number of nitrogens with one attached hydrogen (secondary N) is 1. The molecular weight excluding hydrogens is 485 g/mol. The maximum atomic E-state index is 13.2. The van der Waals surface area contributed by atoms with Crippen LogP contribution in [-0.2, 0) is 6.42 Å². The van der Waals surface area contributed by atoms with Gasteiger partial charge in [-0.3, -0.25) is 9.78 Å². The Morgan fingerprint density at radius 2 is 1.89 bits per heavy atom. The van der Waals surface area contributed by atoms with E-state index in [0.29, 0.717) is 10.9 Å². The highest BCUT2D eigenvalue weighted by Crippen LogP contribution is 2.50. The molecule has 2 aromatic carbocycles. The van der Waals surface area contributed by atoms with Crippen molar-refractivity contribution < 1.29 is 0 Å². The molecule has 1 spiro atoms. The van der Waals surface area contributed by atoms with Crippen LogP contribution in [0.3, 0.4) is 0 Å². The molecule has 0 saturated carbocycles. The summed E-state index contributed by atoms with van der Waals surface area (Å²) in [5.74, 6) is 0. The van der Waals surface area contributed by atoms with Crippen LogP contribution in [0.2, 0.25) is 10.0 Å². The van der Waals surface area contributed by atoms with E-state index in [9.17, 15) is 9.59 Å². The maximum absolute atomic E-state index is 13.2. The molecule has 1 aliphatic heterocycles. The minimum Gasteiger partial charge on any atom is -0.371 e. The average molecular weight is 508 g/mol. The molecule has 0 bridgehead atoms. The number of aromatic nitrogens is 3. The fourth-order valence-electron chi connectivity index (χ4n) is 5.68. The molecule has 0 radical (unpaired) electrons. The second-order valence-corrected chi connectivity index (χ2v) is 10.2. The van der Waals surface area contributed by atoms with Crippen molar-refractivity contribution in [2.45, 2.75) is 25.3 Å². The third-order valence-corrected chi connectivity index (χ3v) is 8.47. The fourth-order valence-corrected chi connectivity index (χ4v) is 6.06. The number of aromatic amines is 1. The number of nitrogens with two attached hydrogens (primary N) is 1. The van der Waals surface area contributed by atoms with Crippen LogP contribution in [0.5, 0.6) is 0 Å². The number of pyridine rings is 1. The third kappa shape index (κ3) is 3.49. The highest BCUT2D eigenvalue weighted by Gasteiger charge is 2.46. The van der Waals surface area contributed by atoms with Crippen molar-refractivity contribution in [1.82, 2.24) is 14.5 Å². The van der Waals surface area contributed by atoms with E-state index >= 15 is 0 Å². The number of halogens is 2. The second-order valence-electron chi connectivity index (χ2n) is 9.45. The largest absolute Gasteiger partial charge is 0.371 e. The Balaban J connectivity index is 1.30. The predicted octanol–water partition coefficient (Wildman–Crippen LogP) is 4.22. The smallest absolute Gasteiger partial charge is 0.333 e. The van der Waals surface area contributed by atoms with Gasteiger partial charge in [-0.05, 0) is 72.2 Å². The zero-order chi connectivity index (χ0) is 24.3. The van der Waals surface area contributed by atoms with Gasteiger partial charge in [0.2, 0.25) is 0 Å². The number of H-pyrrole nitrogens is 1. The van der Waals surface area contributed by atoms with Gasteiger partial charge in [0.05, 0.1) is 26.6 Å². The molecule has 0 unspecified atom stereocenters. The molecule has 0 amide bonds. The van der Waals surface area contributed by atoms with Gasteiger partial charge in [-0.2, -0.15) is 0 Å². The lowest BCUT2D eigenvalue weighted by Crippen LogP contribution is -2.44. The van der Waals surface area contributed by atoms with Gasteiger partial charge in [-0.1, -0.05) is 29.3 Å². The van der Waals surface area contributed by atoms with Crippen LogP contribution >= 0.6 is 23.2 Å². The summed E-state index contributed by atoms with van der Waals surface area (Å²) in [5, 5.41) is 0.830. The van der Waals surface area contributed by atoms with Crippen LogP contribution in [-0.4, -0.2) is 27.6 Å². The quantitative estimate of drug-likeness (QED) is 0.423. The van der Waals surface area contributed by atoms with Crippen molar-refractivity contribution in [3.05, 3.63) is 96.9 Å². The summed E-state index contributed by atoms with van der Waals surface area (Å²) in [6.07, 6.45) is 6.66. The van der Waals surface area contributed by atoms with E-state index in [1.165, 1.54) is 11.1 Å². The Labute approximate surface area is 211 Å². The highest BCUT2D eigenvalue weighted by molar-refractivity contribution is 6.43. The van der Waals surface area contributed by atoms with Gasteiger partial charge in [0.25, 0.3) is 5.56 Å². The summed E-state index contributed by atoms with van der Waals surface area (Å²) in [5.41, 5.74) is 9.90. The van der Waals surface area contributed by atoms with Crippen LogP contribution in [0.1, 0.15) is 30.0 Å². The van der Waals surface area contributed by atoms with Crippen LogP contribution in [0.25, 0.3) is 16.6 Å². The number of benzene rings is 2. The monoisotopic (exact) mass is 507 g/mol. The summed E-state index contributed by atoms with van der Waals surface area (Å²) in [6.45, 7) is 1.69. The minimum atomic E-state index is -0.565. The van der Waals surface area contributed by atoms with Crippen LogP contribution in [0.15, 0.2) is 64.4 Å². The van der Waals surface area contributed by atoms with Crippen molar-refractivity contribution in [1.29, 1.82) is 0 Å². The van der Waals surface area contributed by atoms with Crippen molar-refractivity contribution in [3.63, 3.8) is 0 Å². The number of hydrogen-bond donors (Lipinski definition) is 2. The number of nitrogens with zero attached hydrogens (tertiary/aromatic N) is 3. The number of piperidine rings is 1. The minimum absolute atomic E-state index is 0.00177. The van der Waals surface area contributed by atoms with Gasteiger partial charge in [0.1, 0.15) is 0 Å². The molecule has 1 aliphatic carbocycles. The van der Waals surface area contributed by atoms with Crippen LogP contribution < -0.4 is 21.9 Å². The summed E-state index contributed by atoms with van der Waals surface area (Å²) < 4.78 is 1.02. The standard InChI is InChI=1S/C26H23Cl2N5O2/c27-19-2-1-3-21(22(19)28)33-24(34)17-5-4-16(12-20(17)31-25(33)35)32-10-7-26(8-11-32)13-15-6-9-30-14-18(15)23(26)29/h1-6,9,12,14,23H,7-8,10-11,13,29H2,(H,31,35)/t23-/m1/s1. The number of rotatable bonds is 2. The SMILES string of the molecule is N[C@@H]1c2cnccc2CC12CCN(c1ccc3c(=O)n(-c4cccc(Cl)c4Cl)c(=O)[nH]c3c1)CC2. The molecule has 3 heterocycles. The fraction of sp³-hybridized carbons (Fsp3) is 0.269. The lowest BCUT2D eigenvalue weighted by Gasteiger charge is -2.43. The summed E-state index contributed by atoms with van der Waals surface area (Å²) in [6, 6.07) is 12.5. The van der Waals surface area contributed by atoms with Gasteiger partial charge >= 0.3 is 5.69 Å². The van der Waals surface area contributed by atoms with E-state index in [1.54, 1.807) is 24.3 Å². The summed E-state index contributed by atoms with van der Waals surface area (Å²) in [4.78, 5) is 35.5. The molecular formula is C26H23Cl2N5O2. The molecule has 35 heavy (non-hydrogen) atoms. The van der Waals surface area contributed by atoms with Gasteiger partial charge in [-0.15, -0.1) is 0 Å². The van der Waals surface area contributed by atoms with Gasteiger partial charge in [0.15, 0.2) is 0 Å². The summed E-state index contributed by atoms with van der Waals surface area (Å²) in [7, 11) is 0. The van der Waals surface area contributed by atoms with Crippen LogP contribution in [0, 0.1) is 5.41 Å². The third-order valence-electron chi connectivity index (χ3n) is 7.66. The molecule has 2 aliphatic rings. The molecule has 2 aromatic heterocycles. The Hall–Kier alpha value is -3.13. The predicted molar refractivity (Wildman–Crippen MR) is 139 cm³/mol. The first kappa shape index (κ1) is 22.3. The number of fused-ring (bicyclic) bond motifs is 2. The first-order chi connectivity index (χ1) is 16.9. The van der Waals surface area contributed by atoms with Crippen molar-refractivity contribution in [3.8, 4) is 5.69 Å². The number of hydrogen-bond acceptors (Lipinski definition) is 5. The van der Waals surface area contributed by atoms with Gasteiger partial charge in [0, 0.05) is 37.2 Å².